The molecule has 0 spiro atoms. The summed E-state index contributed by atoms with van der Waals surface area (Å²) in [5, 5.41) is 0. The highest BCUT2D eigenvalue weighted by molar-refractivity contribution is 5.94. The smallest absolute Gasteiger partial charge is 0.255 e. The molecule has 7 heteroatoms. The normalized spacial score (nSPS) is 29.6. The third-order valence-corrected chi connectivity index (χ3v) is 7.59. The third-order valence-electron chi connectivity index (χ3n) is 7.59. The molecule has 4 aliphatic heterocycles. The van der Waals surface area contributed by atoms with E-state index in [0.29, 0.717) is 43.0 Å². The van der Waals surface area contributed by atoms with Gasteiger partial charge in [-0.25, -0.2) is 0 Å². The number of carbonyl (C=O) groups excluding carboxylic acids is 1. The minimum absolute atomic E-state index is 0.0405. The van der Waals surface area contributed by atoms with Crippen LogP contribution in [0.2, 0.25) is 0 Å². The molecule has 3 saturated heterocycles. The molecule has 0 saturated carbocycles. The molecule has 3 fully saturated rings. The first-order valence-corrected chi connectivity index (χ1v) is 11.4. The molecule has 0 aliphatic carbocycles. The Morgan fingerprint density at radius 3 is 2.68 bits per heavy atom. The first kappa shape index (κ1) is 19.2. The van der Waals surface area contributed by atoms with Crippen LogP contribution in [-0.2, 0) is 17.8 Å². The van der Waals surface area contributed by atoms with E-state index in [2.05, 4.69) is 16.0 Å². The number of piperidine rings is 1. The van der Waals surface area contributed by atoms with Crippen molar-refractivity contribution in [3.8, 4) is 0 Å². The molecule has 4 atom stereocenters. The van der Waals surface area contributed by atoms with E-state index in [1.165, 1.54) is 0 Å². The second-order valence-corrected chi connectivity index (χ2v) is 9.70. The van der Waals surface area contributed by atoms with Gasteiger partial charge in [0.2, 0.25) is 0 Å². The number of ether oxygens (including phenoxy) is 1. The summed E-state index contributed by atoms with van der Waals surface area (Å²) in [6.07, 6.45) is 4.37. The van der Waals surface area contributed by atoms with Crippen LogP contribution in [0.5, 0.6) is 0 Å². The van der Waals surface area contributed by atoms with Gasteiger partial charge in [0, 0.05) is 80.7 Å². The topological polar surface area (TPSA) is 67.7 Å². The van der Waals surface area contributed by atoms with Crippen LogP contribution in [0.25, 0.3) is 0 Å². The number of likely N-dealkylation sites (tertiary alicyclic amines) is 2. The maximum absolute atomic E-state index is 13.3. The van der Waals surface area contributed by atoms with Gasteiger partial charge in [0.25, 0.3) is 11.5 Å². The van der Waals surface area contributed by atoms with Crippen molar-refractivity contribution in [3.05, 3.63) is 63.8 Å². The van der Waals surface area contributed by atoms with Crippen molar-refractivity contribution >= 4 is 5.91 Å². The van der Waals surface area contributed by atoms with Crippen LogP contribution >= 0.6 is 0 Å². The van der Waals surface area contributed by atoms with Crippen molar-refractivity contribution in [1.29, 1.82) is 0 Å². The summed E-state index contributed by atoms with van der Waals surface area (Å²) in [6.45, 7) is 6.59. The van der Waals surface area contributed by atoms with E-state index in [4.69, 9.17) is 4.74 Å². The third kappa shape index (κ3) is 3.40. The summed E-state index contributed by atoms with van der Waals surface area (Å²) in [7, 11) is 0. The van der Waals surface area contributed by atoms with E-state index in [-0.39, 0.29) is 17.4 Å². The molecule has 162 valence electrons. The zero-order valence-electron chi connectivity index (χ0n) is 17.7. The van der Waals surface area contributed by atoms with Gasteiger partial charge in [-0.1, -0.05) is 6.07 Å². The molecule has 0 radical (unpaired) electrons. The maximum Gasteiger partial charge on any atom is 0.255 e. The van der Waals surface area contributed by atoms with Gasteiger partial charge in [-0.15, -0.1) is 0 Å². The molecule has 2 aromatic rings. The Bertz CT molecular complexity index is 1040. The minimum Gasteiger partial charge on any atom is -0.381 e. The van der Waals surface area contributed by atoms with Crippen molar-refractivity contribution in [1.82, 2.24) is 19.4 Å². The van der Waals surface area contributed by atoms with Crippen molar-refractivity contribution in [3.63, 3.8) is 0 Å². The van der Waals surface area contributed by atoms with E-state index in [9.17, 15) is 9.59 Å². The highest BCUT2D eigenvalue weighted by atomic mass is 16.5. The molecule has 0 unspecified atom stereocenters. The molecule has 1 amide bonds. The molecule has 2 aromatic heterocycles. The number of fused-ring (bicyclic) bond motifs is 5. The van der Waals surface area contributed by atoms with Crippen LogP contribution in [0.15, 0.2) is 41.5 Å². The number of aromatic nitrogens is 2. The Kier molecular flexibility index (Phi) is 4.69. The van der Waals surface area contributed by atoms with E-state index in [0.717, 1.165) is 50.5 Å². The van der Waals surface area contributed by atoms with Crippen molar-refractivity contribution in [2.24, 2.45) is 17.8 Å². The number of carbonyl (C=O) groups is 1. The van der Waals surface area contributed by atoms with Crippen LogP contribution in [0.3, 0.4) is 0 Å². The molecule has 7 nitrogen and oxygen atoms in total. The molecule has 4 aliphatic rings. The molecule has 6 heterocycles. The number of hydrogen-bond donors (Lipinski definition) is 0. The number of hydrogen-bond acceptors (Lipinski definition) is 5. The lowest BCUT2D eigenvalue weighted by Crippen LogP contribution is -2.49. The van der Waals surface area contributed by atoms with E-state index < -0.39 is 0 Å². The van der Waals surface area contributed by atoms with E-state index in [1.54, 1.807) is 18.5 Å². The van der Waals surface area contributed by atoms with Gasteiger partial charge in [-0.2, -0.15) is 0 Å². The molecular weight excluding hydrogens is 392 g/mol. The summed E-state index contributed by atoms with van der Waals surface area (Å²) in [5.74, 6) is 1.84. The Hall–Kier alpha value is -2.51. The predicted molar refractivity (Wildman–Crippen MR) is 115 cm³/mol. The van der Waals surface area contributed by atoms with Gasteiger partial charge >= 0.3 is 0 Å². The van der Waals surface area contributed by atoms with Crippen molar-refractivity contribution < 1.29 is 9.53 Å². The first-order chi connectivity index (χ1) is 15.2. The molecule has 6 rings (SSSR count). The van der Waals surface area contributed by atoms with Crippen LogP contribution in [0.4, 0.5) is 0 Å². The van der Waals surface area contributed by atoms with Crippen LogP contribution in [0, 0.1) is 17.8 Å². The first-order valence-electron chi connectivity index (χ1n) is 11.4. The molecular formula is C24H28N4O3. The lowest BCUT2D eigenvalue weighted by molar-refractivity contribution is 0.0593. The number of amides is 1. The number of pyridine rings is 2. The fourth-order valence-corrected chi connectivity index (χ4v) is 6.10. The van der Waals surface area contributed by atoms with Crippen LogP contribution in [-0.4, -0.2) is 64.7 Å². The summed E-state index contributed by atoms with van der Waals surface area (Å²) in [4.78, 5) is 34.7. The monoisotopic (exact) mass is 420 g/mol. The quantitative estimate of drug-likeness (QED) is 0.754. The summed E-state index contributed by atoms with van der Waals surface area (Å²) < 4.78 is 7.58. The number of nitrogens with zero attached hydrogens (tertiary/aromatic N) is 4. The average Bonchev–Trinajstić information content (AvgIpc) is 3.38. The second-order valence-electron chi connectivity index (χ2n) is 9.70. The van der Waals surface area contributed by atoms with Crippen LogP contribution < -0.4 is 5.56 Å². The fourth-order valence-electron chi connectivity index (χ4n) is 6.10. The second kappa shape index (κ2) is 7.57. The molecule has 31 heavy (non-hydrogen) atoms. The summed E-state index contributed by atoms with van der Waals surface area (Å²) >= 11 is 0. The fraction of sp³-hybridized carbons (Fsp3) is 0.542. The zero-order valence-corrected chi connectivity index (χ0v) is 17.7. The average molecular weight is 421 g/mol. The molecule has 0 N–H and O–H groups in total. The van der Waals surface area contributed by atoms with Gasteiger partial charge < -0.3 is 14.2 Å². The molecule has 0 aromatic carbocycles. The van der Waals surface area contributed by atoms with Gasteiger partial charge in [0.1, 0.15) is 0 Å². The summed E-state index contributed by atoms with van der Waals surface area (Å²) in [5.41, 5.74) is 2.77. The Morgan fingerprint density at radius 1 is 1.06 bits per heavy atom. The summed E-state index contributed by atoms with van der Waals surface area (Å²) in [6, 6.07) is 7.79. The van der Waals surface area contributed by atoms with Crippen molar-refractivity contribution in [2.45, 2.75) is 25.4 Å². The Morgan fingerprint density at radius 2 is 1.90 bits per heavy atom. The largest absolute Gasteiger partial charge is 0.381 e. The highest BCUT2D eigenvalue weighted by Gasteiger charge is 2.39. The maximum atomic E-state index is 13.3. The molecule has 2 bridgehead atoms. The zero-order chi connectivity index (χ0) is 20.9. The Balaban J connectivity index is 1.21. The van der Waals surface area contributed by atoms with Gasteiger partial charge in [-0.05, 0) is 30.5 Å². The van der Waals surface area contributed by atoms with Crippen LogP contribution in [0.1, 0.15) is 34.0 Å². The van der Waals surface area contributed by atoms with Gasteiger partial charge in [0.05, 0.1) is 18.8 Å². The van der Waals surface area contributed by atoms with Crippen molar-refractivity contribution in [2.75, 3.05) is 39.4 Å². The Labute approximate surface area is 181 Å². The van der Waals surface area contributed by atoms with E-state index in [1.807, 2.05) is 21.6 Å². The minimum atomic E-state index is 0.0405. The SMILES string of the molecule is O=C(c1cccnc1)N1C[C@@H]2C[C@H](C1)c1ccc(CN3C[C@H]4COC[C@H]4C3)c(=O)n1C2. The highest BCUT2D eigenvalue weighted by Crippen LogP contribution is 2.36. The standard InChI is InChI=1S/C24H28N4O3/c29-23(17-2-1-5-25-7-17)27-8-16-6-19(13-27)22-4-3-18(24(30)28(22)9-16)10-26-11-20-14-31-15-21(20)12-26/h1-5,7,16,19-21H,6,8-15H2/t16-,19+,20-,21+/m0/s1. The predicted octanol–water partition coefficient (Wildman–Crippen LogP) is 1.58. The van der Waals surface area contributed by atoms with Gasteiger partial charge in [0.15, 0.2) is 0 Å². The lowest BCUT2D eigenvalue weighted by atomic mass is 9.82. The van der Waals surface area contributed by atoms with E-state index >= 15 is 0 Å². The lowest BCUT2D eigenvalue weighted by Gasteiger charge is -2.43. The van der Waals surface area contributed by atoms with Gasteiger partial charge in [-0.3, -0.25) is 19.5 Å². The number of rotatable bonds is 3.